The molecule has 2 aromatic rings. The van der Waals surface area contributed by atoms with Gasteiger partial charge < -0.3 is 0 Å². The smallest absolute Gasteiger partial charge is 0.0146 e. The normalized spacial score (nSPS) is 12.7. The van der Waals surface area contributed by atoms with Crippen LogP contribution in [0.25, 0.3) is 11.1 Å². The zero-order valence-corrected chi connectivity index (χ0v) is 13.2. The molecule has 2 aromatic carbocycles. The van der Waals surface area contributed by atoms with Crippen LogP contribution in [0.4, 0.5) is 0 Å². The Labute approximate surface area is 123 Å². The van der Waals surface area contributed by atoms with E-state index in [1.54, 1.807) is 5.56 Å². The van der Waals surface area contributed by atoms with Crippen molar-refractivity contribution in [2.24, 2.45) is 5.92 Å². The molecule has 0 bridgehead atoms. The van der Waals surface area contributed by atoms with Gasteiger partial charge in [0.25, 0.3) is 0 Å². The fourth-order valence-electron chi connectivity index (χ4n) is 2.89. The first-order valence-corrected chi connectivity index (χ1v) is 7.80. The fraction of sp³-hybridized carbons (Fsp3) is 0.400. The molecule has 0 heterocycles. The van der Waals surface area contributed by atoms with Gasteiger partial charge >= 0.3 is 0 Å². The molecule has 2 rings (SSSR count). The lowest BCUT2D eigenvalue weighted by Crippen LogP contribution is -2.04. The second-order valence-corrected chi connectivity index (χ2v) is 6.15. The van der Waals surface area contributed by atoms with Gasteiger partial charge in [0, 0.05) is 0 Å². The van der Waals surface area contributed by atoms with Crippen molar-refractivity contribution in [1.82, 2.24) is 0 Å². The summed E-state index contributed by atoms with van der Waals surface area (Å²) in [4.78, 5) is 0. The Morgan fingerprint density at radius 2 is 1.55 bits per heavy atom. The molecule has 0 aliphatic carbocycles. The van der Waals surface area contributed by atoms with E-state index in [4.69, 9.17) is 0 Å². The Kier molecular flexibility index (Phi) is 5.00. The zero-order valence-electron chi connectivity index (χ0n) is 13.2. The minimum absolute atomic E-state index is 0.611. The van der Waals surface area contributed by atoms with Crippen molar-refractivity contribution in [1.29, 1.82) is 0 Å². The van der Waals surface area contributed by atoms with Gasteiger partial charge in [-0.15, -0.1) is 0 Å². The van der Waals surface area contributed by atoms with E-state index in [1.165, 1.54) is 29.5 Å². The Morgan fingerprint density at radius 1 is 0.850 bits per heavy atom. The predicted molar refractivity (Wildman–Crippen MR) is 89.1 cm³/mol. The first kappa shape index (κ1) is 14.8. The van der Waals surface area contributed by atoms with Crippen molar-refractivity contribution in [3.05, 3.63) is 59.7 Å². The molecule has 0 heteroatoms. The fourth-order valence-corrected chi connectivity index (χ4v) is 2.89. The molecule has 0 fully saturated rings. The third kappa shape index (κ3) is 3.30. The van der Waals surface area contributed by atoms with Gasteiger partial charge in [-0.05, 0) is 46.9 Å². The third-order valence-electron chi connectivity index (χ3n) is 4.01. The largest absolute Gasteiger partial charge is 0.0648 e. The van der Waals surface area contributed by atoms with E-state index in [2.05, 4.69) is 76.2 Å². The molecular weight excluding hydrogens is 240 g/mol. The summed E-state index contributed by atoms with van der Waals surface area (Å²) < 4.78 is 0. The van der Waals surface area contributed by atoms with Crippen LogP contribution in [0.2, 0.25) is 0 Å². The summed E-state index contributed by atoms with van der Waals surface area (Å²) in [6.07, 6.45) is 2.36. The SMILES string of the molecule is CCC(C)c1c(CC(C)C)cccc1-c1ccccc1. The average Bonchev–Trinajstić information content (AvgIpc) is 2.46. The lowest BCUT2D eigenvalue weighted by atomic mass is 9.84. The summed E-state index contributed by atoms with van der Waals surface area (Å²) in [6.45, 7) is 9.24. The van der Waals surface area contributed by atoms with E-state index < -0.39 is 0 Å². The maximum Gasteiger partial charge on any atom is -0.0146 e. The molecule has 0 saturated carbocycles. The standard InChI is InChI=1S/C20H26/c1-5-16(4)20-18(14-15(2)3)12-9-13-19(20)17-10-7-6-8-11-17/h6-13,15-16H,5,14H2,1-4H3. The van der Waals surface area contributed by atoms with Crippen molar-refractivity contribution in [3.63, 3.8) is 0 Å². The molecule has 0 aliphatic rings. The van der Waals surface area contributed by atoms with E-state index >= 15 is 0 Å². The van der Waals surface area contributed by atoms with Crippen LogP contribution >= 0.6 is 0 Å². The van der Waals surface area contributed by atoms with Crippen LogP contribution in [0.15, 0.2) is 48.5 Å². The highest BCUT2D eigenvalue weighted by molar-refractivity contribution is 5.69. The van der Waals surface area contributed by atoms with Crippen molar-refractivity contribution in [2.45, 2.75) is 46.5 Å². The Hall–Kier alpha value is -1.56. The molecule has 0 nitrogen and oxygen atoms in total. The highest BCUT2D eigenvalue weighted by Crippen LogP contribution is 2.34. The van der Waals surface area contributed by atoms with Gasteiger partial charge in [-0.2, -0.15) is 0 Å². The molecule has 0 aromatic heterocycles. The minimum atomic E-state index is 0.611. The molecule has 1 unspecified atom stereocenters. The van der Waals surface area contributed by atoms with Gasteiger partial charge in [-0.25, -0.2) is 0 Å². The molecule has 0 spiro atoms. The predicted octanol–water partition coefficient (Wildman–Crippen LogP) is 6.07. The molecule has 0 radical (unpaired) electrons. The highest BCUT2D eigenvalue weighted by Gasteiger charge is 2.15. The van der Waals surface area contributed by atoms with Crippen molar-refractivity contribution >= 4 is 0 Å². The van der Waals surface area contributed by atoms with E-state index in [0.29, 0.717) is 11.8 Å². The first-order chi connectivity index (χ1) is 9.63. The van der Waals surface area contributed by atoms with Crippen LogP contribution in [0, 0.1) is 5.92 Å². The highest BCUT2D eigenvalue weighted by atomic mass is 14.2. The maximum atomic E-state index is 2.35. The van der Waals surface area contributed by atoms with Gasteiger partial charge in [0.15, 0.2) is 0 Å². The summed E-state index contributed by atoms with van der Waals surface area (Å²) in [5.74, 6) is 1.31. The Bertz CT molecular complexity index is 537. The minimum Gasteiger partial charge on any atom is -0.0648 e. The van der Waals surface area contributed by atoms with E-state index in [1.807, 2.05) is 0 Å². The van der Waals surface area contributed by atoms with Crippen molar-refractivity contribution in [2.75, 3.05) is 0 Å². The average molecular weight is 266 g/mol. The number of hydrogen-bond donors (Lipinski definition) is 0. The summed E-state index contributed by atoms with van der Waals surface area (Å²) in [5.41, 5.74) is 5.83. The van der Waals surface area contributed by atoms with Crippen molar-refractivity contribution < 1.29 is 0 Å². The van der Waals surface area contributed by atoms with E-state index in [-0.39, 0.29) is 0 Å². The van der Waals surface area contributed by atoms with Crippen molar-refractivity contribution in [3.8, 4) is 11.1 Å². The van der Waals surface area contributed by atoms with Gasteiger partial charge in [-0.1, -0.05) is 76.2 Å². The topological polar surface area (TPSA) is 0 Å². The quantitative estimate of drug-likeness (QED) is 0.616. The summed E-state index contributed by atoms with van der Waals surface area (Å²) >= 11 is 0. The zero-order chi connectivity index (χ0) is 14.5. The number of hydrogen-bond acceptors (Lipinski definition) is 0. The Balaban J connectivity index is 2.56. The molecule has 106 valence electrons. The number of benzene rings is 2. The molecule has 0 saturated heterocycles. The lowest BCUT2D eigenvalue weighted by Gasteiger charge is -2.21. The number of rotatable bonds is 5. The van der Waals surface area contributed by atoms with Crippen LogP contribution in [-0.4, -0.2) is 0 Å². The van der Waals surface area contributed by atoms with Gasteiger partial charge in [0.1, 0.15) is 0 Å². The summed E-state index contributed by atoms with van der Waals surface area (Å²) in [6, 6.07) is 17.6. The lowest BCUT2D eigenvalue weighted by molar-refractivity contribution is 0.631. The van der Waals surface area contributed by atoms with Crippen LogP contribution < -0.4 is 0 Å². The van der Waals surface area contributed by atoms with Gasteiger partial charge in [0.2, 0.25) is 0 Å². The summed E-state index contributed by atoms with van der Waals surface area (Å²) in [5, 5.41) is 0. The molecule has 0 amide bonds. The third-order valence-corrected chi connectivity index (χ3v) is 4.01. The van der Waals surface area contributed by atoms with E-state index in [0.717, 1.165) is 0 Å². The van der Waals surface area contributed by atoms with Crippen LogP contribution in [0.1, 0.15) is 51.2 Å². The molecule has 1 atom stereocenters. The maximum absolute atomic E-state index is 2.35. The Morgan fingerprint density at radius 3 is 2.15 bits per heavy atom. The van der Waals surface area contributed by atoms with Crippen LogP contribution in [0.5, 0.6) is 0 Å². The second-order valence-electron chi connectivity index (χ2n) is 6.15. The van der Waals surface area contributed by atoms with E-state index in [9.17, 15) is 0 Å². The summed E-state index contributed by atoms with van der Waals surface area (Å²) in [7, 11) is 0. The van der Waals surface area contributed by atoms with Crippen LogP contribution in [0.3, 0.4) is 0 Å². The molecule has 20 heavy (non-hydrogen) atoms. The monoisotopic (exact) mass is 266 g/mol. The second kappa shape index (κ2) is 6.74. The molecule has 0 N–H and O–H groups in total. The molecule has 0 aliphatic heterocycles. The van der Waals surface area contributed by atoms with Gasteiger partial charge in [0.05, 0.1) is 0 Å². The molecular formula is C20H26. The van der Waals surface area contributed by atoms with Crippen LogP contribution in [-0.2, 0) is 6.42 Å². The first-order valence-electron chi connectivity index (χ1n) is 7.80. The van der Waals surface area contributed by atoms with Gasteiger partial charge in [-0.3, -0.25) is 0 Å².